The summed E-state index contributed by atoms with van der Waals surface area (Å²) in [4.78, 5) is 12.3. The van der Waals surface area contributed by atoms with Crippen LogP contribution in [0.15, 0.2) is 42.6 Å². The number of para-hydroxylation sites is 1. The molecule has 0 spiro atoms. The molecule has 3 N–H and O–H groups in total. The molecule has 6 nitrogen and oxygen atoms in total. The van der Waals surface area contributed by atoms with Gasteiger partial charge in [0.1, 0.15) is 5.69 Å². The SMILES string of the molecule is CC(CNc1ccccc1)NC(=O)c1ccn(C2CCCNC2)n1.Cl. The fraction of sp³-hybridized carbons (Fsp3) is 0.444. The average molecular weight is 364 g/mol. The molecule has 0 aliphatic carbocycles. The Labute approximate surface area is 154 Å². The minimum absolute atomic E-state index is 0. The molecule has 2 unspecified atom stereocenters. The molecular formula is C18H26ClN5O. The Hall–Kier alpha value is -2.05. The molecule has 1 aromatic heterocycles. The van der Waals surface area contributed by atoms with Crippen LogP contribution < -0.4 is 16.0 Å². The molecule has 2 aromatic rings. The number of nitrogens with zero attached hydrogens (tertiary/aromatic N) is 2. The third kappa shape index (κ3) is 5.47. The van der Waals surface area contributed by atoms with Gasteiger partial charge in [-0.15, -0.1) is 12.4 Å². The topological polar surface area (TPSA) is 71.0 Å². The van der Waals surface area contributed by atoms with Crippen molar-refractivity contribution in [1.29, 1.82) is 0 Å². The van der Waals surface area contributed by atoms with E-state index in [0.717, 1.165) is 31.6 Å². The lowest BCUT2D eigenvalue weighted by Gasteiger charge is -2.22. The monoisotopic (exact) mass is 363 g/mol. The maximum absolute atomic E-state index is 12.3. The summed E-state index contributed by atoms with van der Waals surface area (Å²) in [7, 11) is 0. The summed E-state index contributed by atoms with van der Waals surface area (Å²) in [6.45, 7) is 4.63. The van der Waals surface area contributed by atoms with Gasteiger partial charge in [0.15, 0.2) is 0 Å². The minimum atomic E-state index is -0.125. The summed E-state index contributed by atoms with van der Waals surface area (Å²) < 4.78 is 1.91. The normalized spacial score (nSPS) is 18.0. The number of amides is 1. The van der Waals surface area contributed by atoms with Crippen molar-refractivity contribution in [2.45, 2.75) is 31.8 Å². The highest BCUT2D eigenvalue weighted by molar-refractivity contribution is 5.92. The van der Waals surface area contributed by atoms with Crippen LogP contribution in [0.1, 0.15) is 36.3 Å². The zero-order chi connectivity index (χ0) is 16.8. The van der Waals surface area contributed by atoms with E-state index in [9.17, 15) is 4.79 Å². The molecule has 1 aliphatic heterocycles. The molecule has 2 heterocycles. The number of hydrogen-bond donors (Lipinski definition) is 3. The molecular weight excluding hydrogens is 338 g/mol. The van der Waals surface area contributed by atoms with Crippen LogP contribution in [0.3, 0.4) is 0 Å². The molecule has 1 fully saturated rings. The minimum Gasteiger partial charge on any atom is -0.383 e. The van der Waals surface area contributed by atoms with Crippen LogP contribution in [0, 0.1) is 0 Å². The predicted molar refractivity (Wildman–Crippen MR) is 102 cm³/mol. The second-order valence-electron chi connectivity index (χ2n) is 6.30. The number of benzene rings is 1. The van der Waals surface area contributed by atoms with E-state index in [4.69, 9.17) is 0 Å². The number of piperidine rings is 1. The lowest BCUT2D eigenvalue weighted by atomic mass is 10.1. The summed E-state index contributed by atoms with van der Waals surface area (Å²) in [6.07, 6.45) is 4.15. The van der Waals surface area contributed by atoms with Crippen molar-refractivity contribution in [3.8, 4) is 0 Å². The average Bonchev–Trinajstić information content (AvgIpc) is 3.12. The predicted octanol–water partition coefficient (Wildman–Crippen LogP) is 2.46. The first kappa shape index (κ1) is 19.3. The van der Waals surface area contributed by atoms with Crippen molar-refractivity contribution in [2.75, 3.05) is 25.0 Å². The third-order valence-electron chi connectivity index (χ3n) is 4.25. The van der Waals surface area contributed by atoms with Crippen molar-refractivity contribution >= 4 is 24.0 Å². The van der Waals surface area contributed by atoms with Gasteiger partial charge in [-0.2, -0.15) is 5.10 Å². The van der Waals surface area contributed by atoms with Crippen LogP contribution >= 0.6 is 12.4 Å². The number of carbonyl (C=O) groups is 1. The third-order valence-corrected chi connectivity index (χ3v) is 4.25. The number of hydrogen-bond acceptors (Lipinski definition) is 4. The fourth-order valence-electron chi connectivity index (χ4n) is 2.90. The van der Waals surface area contributed by atoms with Crippen molar-refractivity contribution in [2.24, 2.45) is 0 Å². The highest BCUT2D eigenvalue weighted by Crippen LogP contribution is 2.15. The van der Waals surface area contributed by atoms with Gasteiger partial charge in [-0.25, -0.2) is 0 Å². The standard InChI is InChI=1S/C18H25N5O.ClH/c1-14(12-20-15-6-3-2-4-7-15)21-18(24)17-9-11-23(22-17)16-8-5-10-19-13-16;/h2-4,6-7,9,11,14,16,19-20H,5,8,10,12-13H2,1H3,(H,21,24);1H. The van der Waals surface area contributed by atoms with Crippen molar-refractivity contribution in [3.63, 3.8) is 0 Å². The van der Waals surface area contributed by atoms with E-state index in [1.165, 1.54) is 0 Å². The van der Waals surface area contributed by atoms with E-state index in [1.54, 1.807) is 6.07 Å². The van der Waals surface area contributed by atoms with E-state index in [0.29, 0.717) is 18.3 Å². The Balaban J connectivity index is 0.00000225. The molecule has 3 rings (SSSR count). The maximum atomic E-state index is 12.3. The van der Waals surface area contributed by atoms with Gasteiger partial charge >= 0.3 is 0 Å². The quantitative estimate of drug-likeness (QED) is 0.737. The Morgan fingerprint density at radius 1 is 1.36 bits per heavy atom. The first-order chi connectivity index (χ1) is 11.7. The van der Waals surface area contributed by atoms with Gasteiger partial charge < -0.3 is 16.0 Å². The Bertz CT molecular complexity index is 654. The van der Waals surface area contributed by atoms with E-state index in [-0.39, 0.29) is 24.4 Å². The molecule has 0 bridgehead atoms. The number of rotatable bonds is 6. The molecule has 25 heavy (non-hydrogen) atoms. The molecule has 1 aromatic carbocycles. The zero-order valence-electron chi connectivity index (χ0n) is 14.4. The van der Waals surface area contributed by atoms with Gasteiger partial charge in [-0.1, -0.05) is 18.2 Å². The van der Waals surface area contributed by atoms with Crippen LogP contribution in [0.2, 0.25) is 0 Å². The van der Waals surface area contributed by atoms with Crippen LogP contribution in [-0.4, -0.2) is 41.4 Å². The number of aromatic nitrogens is 2. The molecule has 136 valence electrons. The van der Waals surface area contributed by atoms with Gasteiger partial charge in [-0.05, 0) is 44.5 Å². The van der Waals surface area contributed by atoms with E-state index in [2.05, 4.69) is 21.0 Å². The highest BCUT2D eigenvalue weighted by Gasteiger charge is 2.18. The zero-order valence-corrected chi connectivity index (χ0v) is 15.3. The summed E-state index contributed by atoms with van der Waals surface area (Å²) >= 11 is 0. The molecule has 0 saturated carbocycles. The van der Waals surface area contributed by atoms with Gasteiger partial charge in [0.2, 0.25) is 0 Å². The Kier molecular flexibility index (Phi) is 7.28. The number of halogens is 1. The number of carbonyl (C=O) groups excluding carboxylic acids is 1. The second kappa shape index (κ2) is 9.44. The van der Waals surface area contributed by atoms with Crippen LogP contribution in [0.5, 0.6) is 0 Å². The maximum Gasteiger partial charge on any atom is 0.272 e. The fourth-order valence-corrected chi connectivity index (χ4v) is 2.90. The van der Waals surface area contributed by atoms with Crippen molar-refractivity contribution in [3.05, 3.63) is 48.3 Å². The summed E-state index contributed by atoms with van der Waals surface area (Å²) in [6, 6.07) is 12.1. The highest BCUT2D eigenvalue weighted by atomic mass is 35.5. The molecule has 2 atom stereocenters. The van der Waals surface area contributed by atoms with Gasteiger partial charge in [0, 0.05) is 31.0 Å². The van der Waals surface area contributed by atoms with Gasteiger partial charge in [0.25, 0.3) is 5.91 Å². The number of nitrogens with one attached hydrogen (secondary N) is 3. The molecule has 1 saturated heterocycles. The van der Waals surface area contributed by atoms with Crippen LogP contribution in [-0.2, 0) is 0 Å². The molecule has 7 heteroatoms. The van der Waals surface area contributed by atoms with E-state index >= 15 is 0 Å². The second-order valence-corrected chi connectivity index (χ2v) is 6.30. The lowest BCUT2D eigenvalue weighted by molar-refractivity contribution is 0.0935. The van der Waals surface area contributed by atoms with E-state index < -0.39 is 0 Å². The lowest BCUT2D eigenvalue weighted by Crippen LogP contribution is -2.37. The van der Waals surface area contributed by atoms with Gasteiger partial charge in [0.05, 0.1) is 6.04 Å². The molecule has 0 radical (unpaired) electrons. The van der Waals surface area contributed by atoms with Crippen molar-refractivity contribution < 1.29 is 4.79 Å². The number of anilines is 1. The first-order valence-electron chi connectivity index (χ1n) is 8.58. The van der Waals surface area contributed by atoms with Crippen LogP contribution in [0.25, 0.3) is 0 Å². The summed E-state index contributed by atoms with van der Waals surface area (Å²) in [5, 5.41) is 14.1. The van der Waals surface area contributed by atoms with Crippen molar-refractivity contribution in [1.82, 2.24) is 20.4 Å². The van der Waals surface area contributed by atoms with Crippen LogP contribution in [0.4, 0.5) is 5.69 Å². The Morgan fingerprint density at radius 2 is 2.16 bits per heavy atom. The summed E-state index contributed by atoms with van der Waals surface area (Å²) in [5.41, 5.74) is 1.53. The Morgan fingerprint density at radius 3 is 2.88 bits per heavy atom. The molecule has 1 amide bonds. The summed E-state index contributed by atoms with van der Waals surface area (Å²) in [5.74, 6) is -0.125. The molecule has 1 aliphatic rings. The largest absolute Gasteiger partial charge is 0.383 e. The first-order valence-corrected chi connectivity index (χ1v) is 8.58. The smallest absolute Gasteiger partial charge is 0.272 e. The van der Waals surface area contributed by atoms with E-state index in [1.807, 2.05) is 48.1 Å². The van der Waals surface area contributed by atoms with Gasteiger partial charge in [-0.3, -0.25) is 9.48 Å².